The molecular formula is C12H17F. The van der Waals surface area contributed by atoms with Gasteiger partial charge in [0.05, 0.1) is 0 Å². The summed E-state index contributed by atoms with van der Waals surface area (Å²) in [5, 5.41) is 0. The first-order chi connectivity index (χ1) is 6.11. The van der Waals surface area contributed by atoms with Gasteiger partial charge in [-0.15, -0.1) is 0 Å². The Labute approximate surface area is 79.8 Å². The van der Waals surface area contributed by atoms with E-state index >= 15 is 0 Å². The van der Waals surface area contributed by atoms with E-state index in [2.05, 4.69) is 13.8 Å². The Morgan fingerprint density at radius 3 is 2.62 bits per heavy atom. The lowest BCUT2D eigenvalue weighted by Crippen LogP contribution is -1.96. The monoisotopic (exact) mass is 180 g/mol. The normalized spacial score (nSPS) is 10.8. The van der Waals surface area contributed by atoms with Gasteiger partial charge in [-0.25, -0.2) is 4.39 Å². The van der Waals surface area contributed by atoms with E-state index in [0.717, 1.165) is 24.0 Å². The van der Waals surface area contributed by atoms with Crippen molar-refractivity contribution in [1.29, 1.82) is 0 Å². The molecule has 0 atom stereocenters. The minimum atomic E-state index is -0.0249. The number of aryl methyl sites for hydroxylation is 2. The second-order valence-electron chi connectivity index (χ2n) is 3.98. The molecule has 0 unspecified atom stereocenters. The smallest absolute Gasteiger partial charge is 0.129 e. The average molecular weight is 180 g/mol. The number of benzene rings is 1. The maximum absolute atomic E-state index is 13.5. The molecular weight excluding hydrogens is 163 g/mol. The molecule has 0 amide bonds. The minimum Gasteiger partial charge on any atom is -0.206 e. The predicted molar refractivity (Wildman–Crippen MR) is 54.3 cm³/mol. The van der Waals surface area contributed by atoms with Crippen LogP contribution in [0.2, 0.25) is 0 Å². The summed E-state index contributed by atoms with van der Waals surface area (Å²) in [5.74, 6) is 0.614. The van der Waals surface area contributed by atoms with E-state index in [1.807, 2.05) is 25.1 Å². The van der Waals surface area contributed by atoms with Gasteiger partial charge in [-0.3, -0.25) is 0 Å². The van der Waals surface area contributed by atoms with Crippen LogP contribution >= 0.6 is 0 Å². The molecule has 0 saturated heterocycles. The standard InChI is InChI=1S/C12H17F/c1-9(2)7-8-11-6-4-5-10(3)12(11)13/h4-6,9H,7-8H2,1-3H3. The highest BCUT2D eigenvalue weighted by molar-refractivity contribution is 5.24. The van der Waals surface area contributed by atoms with Crippen LogP contribution in [-0.4, -0.2) is 0 Å². The van der Waals surface area contributed by atoms with Gasteiger partial charge in [-0.2, -0.15) is 0 Å². The molecule has 1 heteroatoms. The van der Waals surface area contributed by atoms with Crippen LogP contribution in [0, 0.1) is 18.7 Å². The Kier molecular flexibility index (Phi) is 3.47. The van der Waals surface area contributed by atoms with Gasteiger partial charge in [0.25, 0.3) is 0 Å². The van der Waals surface area contributed by atoms with Crippen molar-refractivity contribution in [2.45, 2.75) is 33.6 Å². The van der Waals surface area contributed by atoms with E-state index in [4.69, 9.17) is 0 Å². The van der Waals surface area contributed by atoms with E-state index in [9.17, 15) is 4.39 Å². The molecule has 0 aliphatic carbocycles. The molecule has 1 aromatic carbocycles. The van der Waals surface area contributed by atoms with Gasteiger partial charge in [-0.05, 0) is 36.8 Å². The largest absolute Gasteiger partial charge is 0.206 e. The predicted octanol–water partition coefficient (Wildman–Crippen LogP) is 3.72. The summed E-state index contributed by atoms with van der Waals surface area (Å²) in [5.41, 5.74) is 1.61. The van der Waals surface area contributed by atoms with Crippen LogP contribution in [0.5, 0.6) is 0 Å². The zero-order valence-corrected chi connectivity index (χ0v) is 8.60. The quantitative estimate of drug-likeness (QED) is 0.665. The van der Waals surface area contributed by atoms with Crippen LogP contribution < -0.4 is 0 Å². The fraction of sp³-hybridized carbons (Fsp3) is 0.500. The summed E-state index contributed by atoms with van der Waals surface area (Å²) in [6.45, 7) is 6.13. The Balaban J connectivity index is 2.71. The summed E-state index contributed by atoms with van der Waals surface area (Å²) in [7, 11) is 0. The molecule has 0 saturated carbocycles. The molecule has 0 aliphatic rings. The third-order valence-corrected chi connectivity index (χ3v) is 2.26. The fourth-order valence-corrected chi connectivity index (χ4v) is 1.35. The van der Waals surface area contributed by atoms with Crippen molar-refractivity contribution in [2.24, 2.45) is 5.92 Å². The third kappa shape index (κ3) is 2.83. The number of rotatable bonds is 3. The van der Waals surface area contributed by atoms with Crippen LogP contribution in [-0.2, 0) is 6.42 Å². The summed E-state index contributed by atoms with van der Waals surface area (Å²) in [6.07, 6.45) is 1.91. The van der Waals surface area contributed by atoms with Crippen molar-refractivity contribution in [2.75, 3.05) is 0 Å². The van der Waals surface area contributed by atoms with Crippen molar-refractivity contribution in [3.8, 4) is 0 Å². The summed E-state index contributed by atoms with van der Waals surface area (Å²) >= 11 is 0. The van der Waals surface area contributed by atoms with E-state index in [-0.39, 0.29) is 5.82 Å². The summed E-state index contributed by atoms with van der Waals surface area (Å²) in [4.78, 5) is 0. The van der Waals surface area contributed by atoms with Crippen LogP contribution in [0.4, 0.5) is 4.39 Å². The van der Waals surface area contributed by atoms with Crippen molar-refractivity contribution in [3.05, 3.63) is 35.1 Å². The van der Waals surface area contributed by atoms with Crippen LogP contribution in [0.3, 0.4) is 0 Å². The molecule has 0 bridgehead atoms. The lowest BCUT2D eigenvalue weighted by atomic mass is 10.0. The molecule has 0 nitrogen and oxygen atoms in total. The first-order valence-corrected chi connectivity index (χ1v) is 4.85. The topological polar surface area (TPSA) is 0 Å². The highest BCUT2D eigenvalue weighted by Crippen LogP contribution is 2.15. The maximum Gasteiger partial charge on any atom is 0.129 e. The molecule has 1 rings (SSSR count). The minimum absolute atomic E-state index is 0.0249. The molecule has 0 aromatic heterocycles. The Morgan fingerprint density at radius 2 is 2.00 bits per heavy atom. The van der Waals surface area contributed by atoms with Crippen molar-refractivity contribution < 1.29 is 4.39 Å². The Morgan fingerprint density at radius 1 is 1.31 bits per heavy atom. The van der Waals surface area contributed by atoms with E-state index < -0.39 is 0 Å². The summed E-state index contributed by atoms with van der Waals surface area (Å²) < 4.78 is 13.5. The van der Waals surface area contributed by atoms with Gasteiger partial charge < -0.3 is 0 Å². The van der Waals surface area contributed by atoms with Crippen LogP contribution in [0.25, 0.3) is 0 Å². The number of hydrogen-bond acceptors (Lipinski definition) is 0. The SMILES string of the molecule is Cc1cccc(CCC(C)C)c1F. The average Bonchev–Trinajstić information content (AvgIpc) is 2.07. The second kappa shape index (κ2) is 4.40. The van der Waals surface area contributed by atoms with E-state index in [1.165, 1.54) is 0 Å². The van der Waals surface area contributed by atoms with Gasteiger partial charge >= 0.3 is 0 Å². The molecule has 0 heterocycles. The highest BCUT2D eigenvalue weighted by Gasteiger charge is 2.04. The first kappa shape index (κ1) is 10.2. The Bertz CT molecular complexity index is 276. The highest BCUT2D eigenvalue weighted by atomic mass is 19.1. The van der Waals surface area contributed by atoms with E-state index in [1.54, 1.807) is 0 Å². The van der Waals surface area contributed by atoms with Crippen molar-refractivity contribution >= 4 is 0 Å². The van der Waals surface area contributed by atoms with E-state index in [0.29, 0.717) is 5.92 Å². The lowest BCUT2D eigenvalue weighted by molar-refractivity contribution is 0.555. The van der Waals surface area contributed by atoms with Gasteiger partial charge in [0.15, 0.2) is 0 Å². The fourth-order valence-electron chi connectivity index (χ4n) is 1.35. The van der Waals surface area contributed by atoms with Crippen molar-refractivity contribution in [3.63, 3.8) is 0 Å². The van der Waals surface area contributed by atoms with Crippen molar-refractivity contribution in [1.82, 2.24) is 0 Å². The molecule has 0 N–H and O–H groups in total. The first-order valence-electron chi connectivity index (χ1n) is 4.85. The number of halogens is 1. The molecule has 1 aromatic rings. The molecule has 0 radical (unpaired) electrons. The lowest BCUT2D eigenvalue weighted by Gasteiger charge is -2.07. The molecule has 0 aliphatic heterocycles. The summed E-state index contributed by atoms with van der Waals surface area (Å²) in [6, 6.07) is 5.62. The molecule has 0 spiro atoms. The Hall–Kier alpha value is -0.850. The van der Waals surface area contributed by atoms with Gasteiger partial charge in [0.1, 0.15) is 5.82 Å². The third-order valence-electron chi connectivity index (χ3n) is 2.26. The zero-order chi connectivity index (χ0) is 9.84. The zero-order valence-electron chi connectivity index (χ0n) is 8.60. The van der Waals surface area contributed by atoms with Gasteiger partial charge in [0, 0.05) is 0 Å². The molecule has 0 fully saturated rings. The molecule has 13 heavy (non-hydrogen) atoms. The van der Waals surface area contributed by atoms with Crippen LogP contribution in [0.1, 0.15) is 31.4 Å². The van der Waals surface area contributed by atoms with Crippen LogP contribution in [0.15, 0.2) is 18.2 Å². The second-order valence-corrected chi connectivity index (χ2v) is 3.98. The maximum atomic E-state index is 13.5. The van der Waals surface area contributed by atoms with Gasteiger partial charge in [0.2, 0.25) is 0 Å². The number of hydrogen-bond donors (Lipinski definition) is 0. The van der Waals surface area contributed by atoms with Gasteiger partial charge in [-0.1, -0.05) is 32.0 Å². The molecule has 72 valence electrons.